The first-order chi connectivity index (χ1) is 13.2. The molecule has 3 rings (SSSR count). The summed E-state index contributed by atoms with van der Waals surface area (Å²) in [5, 5.41) is 8.90. The van der Waals surface area contributed by atoms with E-state index < -0.39 is 0 Å². The monoisotopic (exact) mass is 362 g/mol. The number of hydrogen-bond acceptors (Lipinski definition) is 4. The number of carbonyl (C=O) groups excluding carboxylic acids is 1. The van der Waals surface area contributed by atoms with Gasteiger partial charge in [0.15, 0.2) is 0 Å². The summed E-state index contributed by atoms with van der Waals surface area (Å²) in [6, 6.07) is 19.7. The molecule has 0 radical (unpaired) electrons. The summed E-state index contributed by atoms with van der Waals surface area (Å²) in [6.07, 6.45) is 1.05. The van der Waals surface area contributed by atoms with Crippen molar-refractivity contribution in [1.82, 2.24) is 9.80 Å². The Morgan fingerprint density at radius 3 is 2.37 bits per heavy atom. The molecule has 5 heteroatoms. The van der Waals surface area contributed by atoms with Crippen molar-refractivity contribution >= 4 is 11.6 Å². The molecular formula is C22H26N4O. The highest BCUT2D eigenvalue weighted by Crippen LogP contribution is 2.13. The van der Waals surface area contributed by atoms with Crippen molar-refractivity contribution in [1.29, 1.82) is 5.26 Å². The van der Waals surface area contributed by atoms with E-state index in [9.17, 15) is 4.79 Å². The molecule has 27 heavy (non-hydrogen) atoms. The number of carbonyl (C=O) groups is 1. The number of benzene rings is 2. The van der Waals surface area contributed by atoms with Crippen LogP contribution in [-0.4, -0.2) is 55.5 Å². The molecule has 0 aliphatic carbocycles. The number of hydrogen-bond donors (Lipinski definition) is 0. The third-order valence-corrected chi connectivity index (χ3v) is 5.05. The van der Waals surface area contributed by atoms with Crippen LogP contribution in [0.15, 0.2) is 54.6 Å². The third-order valence-electron chi connectivity index (χ3n) is 5.05. The molecule has 1 aliphatic rings. The van der Waals surface area contributed by atoms with Gasteiger partial charge >= 0.3 is 0 Å². The highest BCUT2D eigenvalue weighted by molar-refractivity contribution is 5.94. The fourth-order valence-electron chi connectivity index (χ4n) is 3.38. The number of anilines is 1. The molecule has 0 atom stereocenters. The van der Waals surface area contributed by atoms with Crippen molar-refractivity contribution in [3.05, 3.63) is 65.7 Å². The predicted molar refractivity (Wildman–Crippen MR) is 107 cm³/mol. The lowest BCUT2D eigenvalue weighted by molar-refractivity contribution is -0.119. The SMILES string of the molecule is CN(C(=O)CN1CCCN(Cc2ccc(C#N)cc2)CC1)c1ccccc1. The predicted octanol–water partition coefficient (Wildman–Crippen LogP) is 2.73. The minimum absolute atomic E-state index is 0.127. The minimum Gasteiger partial charge on any atom is -0.314 e. The van der Waals surface area contributed by atoms with Crippen molar-refractivity contribution in [3.63, 3.8) is 0 Å². The Hall–Kier alpha value is -2.68. The largest absolute Gasteiger partial charge is 0.314 e. The van der Waals surface area contributed by atoms with Crippen molar-refractivity contribution in [2.75, 3.05) is 44.7 Å². The zero-order valence-corrected chi connectivity index (χ0v) is 15.8. The van der Waals surface area contributed by atoms with E-state index in [0.29, 0.717) is 12.1 Å². The Labute approximate surface area is 161 Å². The van der Waals surface area contributed by atoms with Gasteiger partial charge in [0.2, 0.25) is 5.91 Å². The molecule has 0 bridgehead atoms. The minimum atomic E-state index is 0.127. The Balaban J connectivity index is 1.50. The van der Waals surface area contributed by atoms with Crippen LogP contribution in [0.3, 0.4) is 0 Å². The van der Waals surface area contributed by atoms with Crippen LogP contribution in [-0.2, 0) is 11.3 Å². The molecule has 0 unspecified atom stereocenters. The van der Waals surface area contributed by atoms with E-state index in [-0.39, 0.29) is 5.91 Å². The van der Waals surface area contributed by atoms with Gasteiger partial charge in [-0.2, -0.15) is 5.26 Å². The Bertz CT molecular complexity index is 782. The summed E-state index contributed by atoms with van der Waals surface area (Å²) < 4.78 is 0. The second kappa shape index (κ2) is 9.31. The van der Waals surface area contributed by atoms with Crippen LogP contribution in [0.25, 0.3) is 0 Å². The van der Waals surface area contributed by atoms with Gasteiger partial charge in [-0.05, 0) is 49.3 Å². The van der Waals surface area contributed by atoms with Gasteiger partial charge in [-0.25, -0.2) is 0 Å². The third kappa shape index (κ3) is 5.40. The number of nitriles is 1. The molecule has 2 aromatic carbocycles. The summed E-state index contributed by atoms with van der Waals surface area (Å²) in [5.41, 5.74) is 2.85. The summed E-state index contributed by atoms with van der Waals surface area (Å²) in [7, 11) is 1.84. The first-order valence-electron chi connectivity index (χ1n) is 9.41. The van der Waals surface area contributed by atoms with E-state index in [2.05, 4.69) is 15.9 Å². The summed E-state index contributed by atoms with van der Waals surface area (Å²) >= 11 is 0. The normalized spacial score (nSPS) is 15.7. The van der Waals surface area contributed by atoms with Gasteiger partial charge in [0.25, 0.3) is 0 Å². The quantitative estimate of drug-likeness (QED) is 0.821. The lowest BCUT2D eigenvalue weighted by atomic mass is 10.1. The van der Waals surface area contributed by atoms with Gasteiger partial charge in [0, 0.05) is 32.4 Å². The van der Waals surface area contributed by atoms with Gasteiger partial charge in [-0.1, -0.05) is 30.3 Å². The van der Waals surface area contributed by atoms with Gasteiger partial charge in [-0.15, -0.1) is 0 Å². The average molecular weight is 362 g/mol. The number of rotatable bonds is 5. The maximum Gasteiger partial charge on any atom is 0.240 e. The van der Waals surface area contributed by atoms with Crippen molar-refractivity contribution in [2.24, 2.45) is 0 Å². The topological polar surface area (TPSA) is 50.6 Å². The summed E-state index contributed by atoms with van der Waals surface area (Å²) in [4.78, 5) is 19.0. The van der Waals surface area contributed by atoms with Gasteiger partial charge in [-0.3, -0.25) is 14.6 Å². The average Bonchev–Trinajstić information content (AvgIpc) is 2.93. The van der Waals surface area contributed by atoms with Crippen molar-refractivity contribution in [3.8, 4) is 6.07 Å². The van der Waals surface area contributed by atoms with Crippen LogP contribution in [0.5, 0.6) is 0 Å². The molecule has 5 nitrogen and oxygen atoms in total. The summed E-state index contributed by atoms with van der Waals surface area (Å²) in [6.45, 7) is 5.15. The van der Waals surface area contributed by atoms with E-state index >= 15 is 0 Å². The summed E-state index contributed by atoms with van der Waals surface area (Å²) in [5.74, 6) is 0.127. The molecule has 2 aromatic rings. The molecule has 1 saturated heterocycles. The molecule has 140 valence electrons. The second-order valence-electron chi connectivity index (χ2n) is 7.00. The van der Waals surface area contributed by atoms with Gasteiger partial charge in [0.05, 0.1) is 18.2 Å². The number of likely N-dealkylation sites (N-methyl/N-ethyl adjacent to an activating group) is 1. The second-order valence-corrected chi connectivity index (χ2v) is 7.00. The Morgan fingerprint density at radius 1 is 1.00 bits per heavy atom. The lowest BCUT2D eigenvalue weighted by Crippen LogP contribution is -2.40. The van der Waals surface area contributed by atoms with E-state index in [1.807, 2.05) is 61.6 Å². The van der Waals surface area contributed by atoms with Crippen LogP contribution >= 0.6 is 0 Å². The zero-order valence-electron chi connectivity index (χ0n) is 15.8. The van der Waals surface area contributed by atoms with E-state index in [4.69, 9.17) is 5.26 Å². The molecule has 0 spiro atoms. The molecular weight excluding hydrogens is 336 g/mol. The standard InChI is InChI=1S/C22H26N4O/c1-24(21-6-3-2-4-7-21)22(27)18-26-13-5-12-25(14-15-26)17-20-10-8-19(16-23)9-11-20/h2-4,6-11H,5,12-15,17-18H2,1H3. The zero-order chi connectivity index (χ0) is 19.1. The first-order valence-corrected chi connectivity index (χ1v) is 9.41. The fraction of sp³-hybridized carbons (Fsp3) is 0.364. The molecule has 0 aromatic heterocycles. The van der Waals surface area contributed by atoms with E-state index in [0.717, 1.165) is 44.8 Å². The molecule has 0 N–H and O–H groups in total. The van der Waals surface area contributed by atoms with Crippen LogP contribution < -0.4 is 4.90 Å². The first kappa shape index (κ1) is 19.1. The van der Waals surface area contributed by atoms with Gasteiger partial charge in [0.1, 0.15) is 0 Å². The smallest absolute Gasteiger partial charge is 0.240 e. The maximum absolute atomic E-state index is 12.6. The molecule has 0 saturated carbocycles. The number of nitrogens with zero attached hydrogens (tertiary/aromatic N) is 4. The molecule has 1 heterocycles. The molecule has 1 amide bonds. The number of amides is 1. The van der Waals surface area contributed by atoms with Gasteiger partial charge < -0.3 is 4.90 Å². The highest BCUT2D eigenvalue weighted by atomic mass is 16.2. The maximum atomic E-state index is 12.6. The van der Waals surface area contributed by atoms with E-state index in [1.165, 1.54) is 5.56 Å². The van der Waals surface area contributed by atoms with Crippen molar-refractivity contribution in [2.45, 2.75) is 13.0 Å². The molecule has 1 aliphatic heterocycles. The number of para-hydroxylation sites is 1. The highest BCUT2D eigenvalue weighted by Gasteiger charge is 2.19. The Morgan fingerprint density at radius 2 is 1.67 bits per heavy atom. The lowest BCUT2D eigenvalue weighted by Gasteiger charge is -2.24. The van der Waals surface area contributed by atoms with Crippen LogP contribution in [0.4, 0.5) is 5.69 Å². The van der Waals surface area contributed by atoms with Crippen LogP contribution in [0, 0.1) is 11.3 Å². The van der Waals surface area contributed by atoms with Crippen molar-refractivity contribution < 1.29 is 4.79 Å². The van der Waals surface area contributed by atoms with Crippen LogP contribution in [0.2, 0.25) is 0 Å². The van der Waals surface area contributed by atoms with Crippen LogP contribution in [0.1, 0.15) is 17.5 Å². The molecule has 1 fully saturated rings. The Kier molecular flexibility index (Phi) is 6.59. The van der Waals surface area contributed by atoms with E-state index in [1.54, 1.807) is 4.90 Å². The fourth-order valence-corrected chi connectivity index (χ4v) is 3.38.